The van der Waals surface area contributed by atoms with E-state index in [0.717, 1.165) is 28.6 Å². The molecular formula is C17H20BrClO4. The van der Waals surface area contributed by atoms with Crippen LogP contribution in [0.2, 0.25) is 5.02 Å². The van der Waals surface area contributed by atoms with E-state index in [1.807, 2.05) is 12.1 Å². The highest BCUT2D eigenvalue weighted by molar-refractivity contribution is 9.11. The number of esters is 1. The fourth-order valence-electron chi connectivity index (χ4n) is 2.19. The maximum atomic E-state index is 11.4. The molecule has 1 aromatic rings. The van der Waals surface area contributed by atoms with Gasteiger partial charge in [-0.15, -0.1) is 0 Å². The predicted molar refractivity (Wildman–Crippen MR) is 93.3 cm³/mol. The van der Waals surface area contributed by atoms with Crippen LogP contribution in [0.1, 0.15) is 25.3 Å². The van der Waals surface area contributed by atoms with Gasteiger partial charge in [0.25, 0.3) is 0 Å². The Morgan fingerprint density at radius 1 is 1.43 bits per heavy atom. The normalized spacial score (nSPS) is 14.7. The second-order valence-corrected chi connectivity index (χ2v) is 6.52. The molecule has 0 unspecified atom stereocenters. The molecule has 0 aromatic heterocycles. The number of carbonyl (C=O) groups excluding carboxylic acids is 1. The molecule has 0 bridgehead atoms. The summed E-state index contributed by atoms with van der Waals surface area (Å²) < 4.78 is 17.3. The lowest BCUT2D eigenvalue weighted by atomic mass is 10.1. The van der Waals surface area contributed by atoms with Crippen molar-refractivity contribution in [1.29, 1.82) is 0 Å². The number of ether oxygens (including phenoxy) is 3. The minimum absolute atomic E-state index is 0.210. The summed E-state index contributed by atoms with van der Waals surface area (Å²) in [5.74, 6) is 0.492. The first kappa shape index (κ1) is 18.3. The number of benzene rings is 1. The van der Waals surface area contributed by atoms with Gasteiger partial charge in [0.15, 0.2) is 0 Å². The van der Waals surface area contributed by atoms with Gasteiger partial charge in [-0.1, -0.05) is 33.6 Å². The summed E-state index contributed by atoms with van der Waals surface area (Å²) in [5, 5.41) is 0.597. The Morgan fingerprint density at radius 3 is 2.96 bits per heavy atom. The lowest BCUT2D eigenvalue weighted by Crippen LogP contribution is -2.14. The van der Waals surface area contributed by atoms with Gasteiger partial charge in [0.1, 0.15) is 12.4 Å². The molecule has 4 nitrogen and oxygen atoms in total. The van der Waals surface area contributed by atoms with Crippen LogP contribution in [0.5, 0.6) is 5.75 Å². The molecule has 23 heavy (non-hydrogen) atoms. The van der Waals surface area contributed by atoms with E-state index in [2.05, 4.69) is 15.9 Å². The van der Waals surface area contributed by atoms with Crippen LogP contribution in [0, 0.1) is 0 Å². The van der Waals surface area contributed by atoms with E-state index >= 15 is 0 Å². The van der Waals surface area contributed by atoms with Crippen molar-refractivity contribution >= 4 is 33.5 Å². The van der Waals surface area contributed by atoms with Gasteiger partial charge in [-0.05, 0) is 31.0 Å². The number of rotatable bonds is 7. The van der Waals surface area contributed by atoms with Crippen molar-refractivity contribution in [2.24, 2.45) is 0 Å². The van der Waals surface area contributed by atoms with Crippen LogP contribution in [0.3, 0.4) is 0 Å². The van der Waals surface area contributed by atoms with Gasteiger partial charge in [0, 0.05) is 27.9 Å². The SMILES string of the molecule is CCOC(=O)CCc1ccc(OCC2=C(Br)CCOC2)cc1Cl. The molecule has 0 saturated heterocycles. The molecule has 0 atom stereocenters. The van der Waals surface area contributed by atoms with Crippen LogP contribution in [-0.4, -0.2) is 32.4 Å². The van der Waals surface area contributed by atoms with Gasteiger partial charge in [0.05, 0.1) is 19.8 Å². The molecule has 6 heteroatoms. The Hall–Kier alpha value is -1.04. The Morgan fingerprint density at radius 2 is 2.26 bits per heavy atom. The summed E-state index contributed by atoms with van der Waals surface area (Å²) in [6.45, 7) is 3.99. The van der Waals surface area contributed by atoms with E-state index in [0.29, 0.717) is 43.4 Å². The number of hydrogen-bond donors (Lipinski definition) is 0. The molecule has 0 aliphatic carbocycles. The van der Waals surface area contributed by atoms with Gasteiger partial charge in [0.2, 0.25) is 0 Å². The fraction of sp³-hybridized carbons (Fsp3) is 0.471. The Kier molecular flexibility index (Phi) is 7.40. The topological polar surface area (TPSA) is 44.8 Å². The lowest BCUT2D eigenvalue weighted by molar-refractivity contribution is -0.143. The third-order valence-corrected chi connectivity index (χ3v) is 4.78. The van der Waals surface area contributed by atoms with Crippen molar-refractivity contribution in [3.63, 3.8) is 0 Å². The smallest absolute Gasteiger partial charge is 0.306 e. The maximum absolute atomic E-state index is 11.4. The zero-order chi connectivity index (χ0) is 16.7. The Bertz CT molecular complexity index is 586. The first-order valence-electron chi connectivity index (χ1n) is 7.61. The van der Waals surface area contributed by atoms with Crippen LogP contribution in [0.15, 0.2) is 28.3 Å². The summed E-state index contributed by atoms with van der Waals surface area (Å²) in [4.78, 5) is 11.4. The molecule has 1 aliphatic rings. The molecule has 0 N–H and O–H groups in total. The van der Waals surface area contributed by atoms with E-state index in [-0.39, 0.29) is 5.97 Å². The van der Waals surface area contributed by atoms with Gasteiger partial charge < -0.3 is 14.2 Å². The monoisotopic (exact) mass is 402 g/mol. The van der Waals surface area contributed by atoms with Crippen molar-refractivity contribution in [3.05, 3.63) is 38.8 Å². The molecule has 1 aromatic carbocycles. The van der Waals surface area contributed by atoms with Crippen molar-refractivity contribution in [3.8, 4) is 5.75 Å². The third kappa shape index (κ3) is 5.83. The van der Waals surface area contributed by atoms with Crippen LogP contribution in [0.4, 0.5) is 0 Å². The molecule has 0 spiro atoms. The van der Waals surface area contributed by atoms with Crippen LogP contribution < -0.4 is 4.74 Å². The molecule has 0 radical (unpaired) electrons. The van der Waals surface area contributed by atoms with Gasteiger partial charge in [-0.3, -0.25) is 4.79 Å². The lowest BCUT2D eigenvalue weighted by Gasteiger charge is -2.18. The first-order chi connectivity index (χ1) is 11.1. The molecule has 0 fully saturated rings. The Balaban J connectivity index is 1.90. The largest absolute Gasteiger partial charge is 0.489 e. The number of hydrogen-bond acceptors (Lipinski definition) is 4. The number of halogens is 2. The van der Waals surface area contributed by atoms with Crippen molar-refractivity contribution in [2.75, 3.05) is 26.4 Å². The van der Waals surface area contributed by atoms with E-state index in [1.54, 1.807) is 13.0 Å². The van der Waals surface area contributed by atoms with Crippen LogP contribution in [0.25, 0.3) is 0 Å². The summed E-state index contributed by atoms with van der Waals surface area (Å²) >= 11 is 9.81. The van der Waals surface area contributed by atoms with Crippen molar-refractivity contribution in [1.82, 2.24) is 0 Å². The molecule has 126 valence electrons. The standard InChI is InChI=1S/C17H20BrClO4/c1-2-22-17(20)6-4-12-3-5-14(9-16(12)19)23-11-13-10-21-8-7-15(13)18/h3,5,9H,2,4,6-8,10-11H2,1H3. The Labute approximate surface area is 149 Å². The average molecular weight is 404 g/mol. The quantitative estimate of drug-likeness (QED) is 0.637. The number of carbonyl (C=O) groups is 1. The molecule has 0 amide bonds. The maximum Gasteiger partial charge on any atom is 0.306 e. The van der Waals surface area contributed by atoms with Gasteiger partial charge in [-0.2, -0.15) is 0 Å². The molecule has 2 rings (SSSR count). The van der Waals surface area contributed by atoms with Crippen molar-refractivity contribution < 1.29 is 19.0 Å². The predicted octanol–water partition coefficient (Wildman–Crippen LogP) is 4.28. The van der Waals surface area contributed by atoms with Crippen LogP contribution in [-0.2, 0) is 20.7 Å². The average Bonchev–Trinajstić information content (AvgIpc) is 2.53. The van der Waals surface area contributed by atoms with E-state index in [4.69, 9.17) is 25.8 Å². The zero-order valence-corrected chi connectivity index (χ0v) is 15.4. The summed E-state index contributed by atoms with van der Waals surface area (Å²) in [5.41, 5.74) is 2.02. The van der Waals surface area contributed by atoms with Crippen LogP contribution >= 0.6 is 27.5 Å². The minimum Gasteiger partial charge on any atom is -0.489 e. The summed E-state index contributed by atoms with van der Waals surface area (Å²) in [7, 11) is 0. The second-order valence-electron chi connectivity index (χ2n) is 5.16. The summed E-state index contributed by atoms with van der Waals surface area (Å²) in [6, 6.07) is 5.53. The van der Waals surface area contributed by atoms with E-state index in [9.17, 15) is 4.79 Å². The molecular weight excluding hydrogens is 384 g/mol. The van der Waals surface area contributed by atoms with Gasteiger partial charge in [-0.25, -0.2) is 0 Å². The highest BCUT2D eigenvalue weighted by Gasteiger charge is 2.12. The molecule has 0 saturated carbocycles. The van der Waals surface area contributed by atoms with E-state index in [1.165, 1.54) is 0 Å². The number of aryl methyl sites for hydroxylation is 1. The van der Waals surface area contributed by atoms with Gasteiger partial charge >= 0.3 is 5.97 Å². The third-order valence-electron chi connectivity index (χ3n) is 3.47. The molecule has 1 aliphatic heterocycles. The minimum atomic E-state index is -0.210. The highest BCUT2D eigenvalue weighted by atomic mass is 79.9. The van der Waals surface area contributed by atoms with E-state index < -0.39 is 0 Å². The summed E-state index contributed by atoms with van der Waals surface area (Å²) in [6.07, 6.45) is 1.76. The fourth-order valence-corrected chi connectivity index (χ4v) is 2.85. The highest BCUT2D eigenvalue weighted by Crippen LogP contribution is 2.26. The zero-order valence-electron chi connectivity index (χ0n) is 13.1. The van der Waals surface area contributed by atoms with Crippen molar-refractivity contribution in [2.45, 2.75) is 26.2 Å². The first-order valence-corrected chi connectivity index (χ1v) is 8.78. The molecule has 1 heterocycles. The second kappa shape index (κ2) is 9.30.